The zero-order valence-electron chi connectivity index (χ0n) is 20.8. The fourth-order valence-corrected chi connectivity index (χ4v) is 7.81. The van der Waals surface area contributed by atoms with Crippen LogP contribution in [0.5, 0.6) is 0 Å². The van der Waals surface area contributed by atoms with Crippen molar-refractivity contribution in [3.63, 3.8) is 0 Å². The van der Waals surface area contributed by atoms with Gasteiger partial charge in [-0.15, -0.1) is 0 Å². The lowest BCUT2D eigenvalue weighted by Gasteiger charge is -2.42. The molecule has 1 saturated heterocycles. The quantitative estimate of drug-likeness (QED) is 0.287. The molecule has 2 aromatic carbocycles. The van der Waals surface area contributed by atoms with Gasteiger partial charge in [0, 0.05) is 42.7 Å². The van der Waals surface area contributed by atoms with E-state index in [4.69, 9.17) is 12.2 Å². The van der Waals surface area contributed by atoms with Crippen LogP contribution in [0.3, 0.4) is 0 Å². The highest BCUT2D eigenvalue weighted by molar-refractivity contribution is 7.96. The summed E-state index contributed by atoms with van der Waals surface area (Å²) >= 11 is 3.55. The highest BCUT2D eigenvalue weighted by atomic mass is 32.2. The summed E-state index contributed by atoms with van der Waals surface area (Å²) in [4.78, 5) is 2.31. The Hall–Kier alpha value is -2.29. The second-order valence-corrected chi connectivity index (χ2v) is 13.3. The number of aliphatic hydroxyl groups is 1. The van der Waals surface area contributed by atoms with Crippen molar-refractivity contribution in [1.29, 1.82) is 0 Å². The summed E-state index contributed by atoms with van der Waals surface area (Å²) in [6.07, 6.45) is 0.250. The van der Waals surface area contributed by atoms with Crippen LogP contribution >= 0.6 is 12.2 Å². The van der Waals surface area contributed by atoms with Gasteiger partial charge in [0.2, 0.25) is 10.0 Å². The minimum Gasteiger partial charge on any atom is -0.611 e. The lowest BCUT2D eigenvalue weighted by atomic mass is 9.95. The molecule has 0 unspecified atom stereocenters. The molecular formula is C26H26F4N2O4S3. The van der Waals surface area contributed by atoms with Crippen molar-refractivity contribution in [3.05, 3.63) is 83.0 Å². The minimum atomic E-state index is -4.89. The fourth-order valence-electron chi connectivity index (χ4n) is 4.44. The molecule has 1 N–H and O–H groups in total. The number of allylic oxidation sites excluding steroid dienone is 4. The lowest BCUT2D eigenvalue weighted by Crippen LogP contribution is -2.57. The van der Waals surface area contributed by atoms with Gasteiger partial charge in [-0.05, 0) is 54.0 Å². The number of piperazine rings is 1. The van der Waals surface area contributed by atoms with Crippen LogP contribution in [-0.2, 0) is 26.8 Å². The second-order valence-electron chi connectivity index (χ2n) is 9.38. The highest BCUT2D eigenvalue weighted by Gasteiger charge is 2.51. The first kappa shape index (κ1) is 29.7. The lowest BCUT2D eigenvalue weighted by molar-refractivity contribution is -0.258. The average Bonchev–Trinajstić information content (AvgIpc) is 2.88. The minimum absolute atomic E-state index is 0.0252. The van der Waals surface area contributed by atoms with Crippen LogP contribution in [0.4, 0.5) is 23.2 Å². The van der Waals surface area contributed by atoms with Crippen molar-refractivity contribution >= 4 is 44.0 Å². The van der Waals surface area contributed by atoms with E-state index < -0.39 is 44.8 Å². The van der Waals surface area contributed by atoms with E-state index in [-0.39, 0.29) is 45.6 Å². The zero-order valence-corrected chi connectivity index (χ0v) is 23.2. The van der Waals surface area contributed by atoms with Crippen LogP contribution in [0.15, 0.2) is 76.6 Å². The van der Waals surface area contributed by atoms with Crippen molar-refractivity contribution in [2.75, 3.05) is 30.3 Å². The van der Waals surface area contributed by atoms with Gasteiger partial charge in [-0.2, -0.15) is 17.5 Å². The molecule has 0 aromatic heterocycles. The van der Waals surface area contributed by atoms with Gasteiger partial charge < -0.3 is 14.6 Å². The van der Waals surface area contributed by atoms with E-state index in [1.165, 1.54) is 40.7 Å². The number of rotatable bonds is 7. The van der Waals surface area contributed by atoms with Gasteiger partial charge in [0.05, 0.1) is 10.9 Å². The van der Waals surface area contributed by atoms with Crippen molar-refractivity contribution in [1.82, 2.24) is 4.31 Å². The number of benzene rings is 2. The summed E-state index contributed by atoms with van der Waals surface area (Å²) in [5.74, 6) is -0.635. The van der Waals surface area contributed by atoms with Crippen LogP contribution in [0, 0.1) is 5.82 Å². The largest absolute Gasteiger partial charge is 0.611 e. The fraction of sp³-hybridized carbons (Fsp3) is 0.346. The molecule has 0 radical (unpaired) electrons. The summed E-state index contributed by atoms with van der Waals surface area (Å²) in [7, 11) is -3.96. The molecule has 1 heterocycles. The number of anilines is 1. The Labute approximate surface area is 232 Å². The Bertz CT molecular complexity index is 1390. The Morgan fingerprint density at radius 1 is 1.15 bits per heavy atom. The third kappa shape index (κ3) is 6.23. The van der Waals surface area contributed by atoms with Gasteiger partial charge in [-0.3, -0.25) is 0 Å². The summed E-state index contributed by atoms with van der Waals surface area (Å²) in [5, 5.41) is 10.0. The maximum Gasteiger partial charge on any atom is 0.421 e. The molecule has 210 valence electrons. The Morgan fingerprint density at radius 3 is 2.46 bits per heavy atom. The van der Waals surface area contributed by atoms with Crippen molar-refractivity contribution in [2.24, 2.45) is 0 Å². The van der Waals surface area contributed by atoms with E-state index >= 15 is 0 Å². The van der Waals surface area contributed by atoms with E-state index in [0.29, 0.717) is 19.0 Å². The molecule has 2 aliphatic rings. The molecule has 1 aliphatic carbocycles. The molecule has 0 spiro atoms. The normalized spacial score (nSPS) is 21.4. The van der Waals surface area contributed by atoms with Gasteiger partial charge in [-0.1, -0.05) is 42.6 Å². The monoisotopic (exact) mass is 602 g/mol. The molecule has 2 aromatic rings. The zero-order chi connectivity index (χ0) is 28.6. The molecule has 0 amide bonds. The summed E-state index contributed by atoms with van der Waals surface area (Å²) < 4.78 is 95.0. The van der Waals surface area contributed by atoms with Gasteiger partial charge in [0.1, 0.15) is 11.6 Å². The highest BCUT2D eigenvalue weighted by Crippen LogP contribution is 2.39. The van der Waals surface area contributed by atoms with Crippen LogP contribution < -0.4 is 4.90 Å². The third-order valence-corrected chi connectivity index (χ3v) is 10.7. The number of hydrogen-bond donors (Lipinski definition) is 1. The van der Waals surface area contributed by atoms with Gasteiger partial charge in [-0.25, -0.2) is 12.8 Å². The molecule has 0 bridgehead atoms. The molecule has 4 rings (SSSR count). The van der Waals surface area contributed by atoms with Crippen LogP contribution in [0.2, 0.25) is 0 Å². The first-order valence-electron chi connectivity index (χ1n) is 11.9. The molecule has 1 aliphatic heterocycles. The Kier molecular flexibility index (Phi) is 8.60. The second kappa shape index (κ2) is 11.3. The summed E-state index contributed by atoms with van der Waals surface area (Å²) in [6.45, 7) is 0.789. The predicted molar refractivity (Wildman–Crippen MR) is 146 cm³/mol. The third-order valence-electron chi connectivity index (χ3n) is 6.74. The summed E-state index contributed by atoms with van der Waals surface area (Å²) in [5.41, 5.74) is -2.95. The molecule has 3 atom stereocenters. The van der Waals surface area contributed by atoms with E-state index in [1.54, 1.807) is 17.1 Å². The smallest absolute Gasteiger partial charge is 0.421 e. The van der Waals surface area contributed by atoms with Crippen molar-refractivity contribution < 1.29 is 35.6 Å². The first-order chi connectivity index (χ1) is 18.2. The molecule has 1 fully saturated rings. The summed E-state index contributed by atoms with van der Waals surface area (Å²) in [6, 6.07) is 9.74. The Balaban J connectivity index is 1.64. The van der Waals surface area contributed by atoms with E-state index in [0.717, 1.165) is 18.2 Å². The van der Waals surface area contributed by atoms with Crippen LogP contribution in [0.25, 0.3) is 0 Å². The predicted octanol–water partition coefficient (Wildman–Crippen LogP) is 4.44. The van der Waals surface area contributed by atoms with Gasteiger partial charge >= 0.3 is 6.18 Å². The number of halogens is 4. The molecule has 39 heavy (non-hydrogen) atoms. The van der Waals surface area contributed by atoms with Crippen LogP contribution in [-0.4, -0.2) is 64.9 Å². The Morgan fingerprint density at radius 2 is 1.85 bits per heavy atom. The van der Waals surface area contributed by atoms with E-state index in [9.17, 15) is 35.6 Å². The molecule has 6 nitrogen and oxygen atoms in total. The standard InChI is InChI=1S/C26H26F4N2O4S3/c1-25(33,26(28,29)30)18-9-11-20(12-10-18)32-14-13-31(39(35,36)24-8-3-2-7-23(24)37)16-21(32)17-38(34)22-6-4-5-19(27)15-22/h2-6,8-12,15,21,33H,7,13-14,16-17H2,1H3/t21-,25+,38-/m1/s1. The van der Waals surface area contributed by atoms with Crippen molar-refractivity contribution in [2.45, 2.75) is 36.1 Å². The molecular weight excluding hydrogens is 576 g/mol. The average molecular weight is 603 g/mol. The van der Waals surface area contributed by atoms with Crippen molar-refractivity contribution in [3.8, 4) is 0 Å². The SMILES string of the molecule is C[C@](O)(c1ccc(N2CCN(S(=O)(=O)C3=CC=CCC3=S)C[C@@H]2C[S@@+]([O-])c2cccc(F)c2)cc1)C(F)(F)F. The van der Waals surface area contributed by atoms with Gasteiger partial charge in [0.25, 0.3) is 0 Å². The van der Waals surface area contributed by atoms with E-state index in [2.05, 4.69) is 0 Å². The number of sulfonamides is 1. The maximum absolute atomic E-state index is 13.8. The van der Waals surface area contributed by atoms with Gasteiger partial charge in [0.15, 0.2) is 10.5 Å². The first-order valence-corrected chi connectivity index (χ1v) is 15.1. The number of hydrogen-bond acceptors (Lipinski definition) is 6. The number of nitrogens with zero attached hydrogens (tertiary/aromatic N) is 2. The topological polar surface area (TPSA) is 83.9 Å². The van der Waals surface area contributed by atoms with Crippen LogP contribution in [0.1, 0.15) is 18.9 Å². The van der Waals surface area contributed by atoms with E-state index in [1.807, 2.05) is 0 Å². The number of alkyl halides is 3. The molecule has 0 saturated carbocycles. The number of thiocarbonyl (C=S) groups is 1. The maximum atomic E-state index is 13.8. The molecule has 13 heteroatoms.